The Morgan fingerprint density at radius 3 is 2.46 bits per heavy atom. The van der Waals surface area contributed by atoms with Crippen LogP contribution in [0.25, 0.3) is 11.4 Å². The summed E-state index contributed by atoms with van der Waals surface area (Å²) in [5.41, 5.74) is 2.18. The highest BCUT2D eigenvalue weighted by Crippen LogP contribution is 2.18. The van der Waals surface area contributed by atoms with E-state index >= 15 is 0 Å². The van der Waals surface area contributed by atoms with E-state index in [-0.39, 0.29) is 5.91 Å². The van der Waals surface area contributed by atoms with Crippen molar-refractivity contribution in [2.45, 2.75) is 19.9 Å². The van der Waals surface area contributed by atoms with Gasteiger partial charge in [-0.1, -0.05) is 49.4 Å². The number of rotatable bonds is 8. The number of hydrogen-bond acceptors (Lipinski definition) is 5. The summed E-state index contributed by atoms with van der Waals surface area (Å²) in [6.45, 7) is 3.26. The second-order valence-electron chi connectivity index (χ2n) is 6.29. The molecule has 3 aromatic rings. The van der Waals surface area contributed by atoms with E-state index in [0.29, 0.717) is 23.9 Å². The molecule has 144 valence electrons. The lowest BCUT2D eigenvalue weighted by atomic mass is 10.2. The van der Waals surface area contributed by atoms with Gasteiger partial charge in [0.25, 0.3) is 5.91 Å². The van der Waals surface area contributed by atoms with E-state index in [2.05, 4.69) is 27.5 Å². The molecule has 0 saturated carbocycles. The third kappa shape index (κ3) is 5.07. The van der Waals surface area contributed by atoms with Gasteiger partial charge in [-0.25, -0.2) is 9.97 Å². The minimum atomic E-state index is -0.241. The van der Waals surface area contributed by atoms with E-state index in [1.165, 1.54) is 0 Å². The van der Waals surface area contributed by atoms with Crippen molar-refractivity contribution in [2.24, 2.45) is 0 Å². The average Bonchev–Trinajstić information content (AvgIpc) is 2.76. The number of methoxy groups -OCH3 is 1. The van der Waals surface area contributed by atoms with Gasteiger partial charge in [-0.05, 0) is 24.1 Å². The van der Waals surface area contributed by atoms with E-state index in [4.69, 9.17) is 4.74 Å². The number of carbonyl (C=O) groups excluding carboxylic acids is 1. The second-order valence-corrected chi connectivity index (χ2v) is 6.29. The molecule has 3 rings (SSSR count). The van der Waals surface area contributed by atoms with Crippen LogP contribution in [0.15, 0.2) is 60.7 Å². The molecule has 0 bridgehead atoms. The van der Waals surface area contributed by atoms with E-state index in [0.717, 1.165) is 29.8 Å². The average molecular weight is 376 g/mol. The first-order valence-corrected chi connectivity index (χ1v) is 9.29. The highest BCUT2D eigenvalue weighted by Gasteiger charge is 2.13. The second kappa shape index (κ2) is 9.50. The molecule has 28 heavy (non-hydrogen) atoms. The summed E-state index contributed by atoms with van der Waals surface area (Å²) < 4.78 is 5.15. The lowest BCUT2D eigenvalue weighted by molar-refractivity contribution is 0.0946. The van der Waals surface area contributed by atoms with E-state index in [9.17, 15) is 4.79 Å². The maximum absolute atomic E-state index is 12.7. The maximum Gasteiger partial charge on any atom is 0.270 e. The molecule has 0 fully saturated rings. The Balaban J connectivity index is 1.79. The third-order valence-corrected chi connectivity index (χ3v) is 4.16. The molecule has 0 saturated heterocycles. The van der Waals surface area contributed by atoms with Crippen LogP contribution in [0, 0.1) is 0 Å². The van der Waals surface area contributed by atoms with Crippen LogP contribution in [0.4, 0.5) is 5.82 Å². The molecule has 0 atom stereocenters. The van der Waals surface area contributed by atoms with Gasteiger partial charge >= 0.3 is 0 Å². The van der Waals surface area contributed by atoms with Gasteiger partial charge in [0.05, 0.1) is 7.11 Å². The number of nitrogens with one attached hydrogen (secondary N) is 2. The standard InChI is InChI=1S/C22H24N4O2/c1-3-13-23-20-14-19(25-21(26-20)17-7-5-4-6-8-17)22(27)24-15-16-9-11-18(28-2)12-10-16/h4-12,14H,3,13,15H2,1-2H3,(H,24,27)(H,23,25,26). The molecule has 2 N–H and O–H groups in total. The summed E-state index contributed by atoms with van der Waals surface area (Å²) >= 11 is 0. The number of benzene rings is 2. The highest BCUT2D eigenvalue weighted by atomic mass is 16.5. The third-order valence-electron chi connectivity index (χ3n) is 4.16. The minimum Gasteiger partial charge on any atom is -0.497 e. The van der Waals surface area contributed by atoms with Crippen molar-refractivity contribution >= 4 is 11.7 Å². The number of ether oxygens (including phenoxy) is 1. The molecule has 1 aromatic heterocycles. The van der Waals surface area contributed by atoms with Crippen molar-refractivity contribution in [3.05, 3.63) is 71.9 Å². The molecule has 2 aromatic carbocycles. The Morgan fingerprint density at radius 1 is 1.04 bits per heavy atom. The smallest absolute Gasteiger partial charge is 0.270 e. The molecule has 6 heteroatoms. The van der Waals surface area contributed by atoms with Gasteiger partial charge in [0, 0.05) is 24.7 Å². The minimum absolute atomic E-state index is 0.241. The van der Waals surface area contributed by atoms with Crippen LogP contribution in [0.3, 0.4) is 0 Å². The summed E-state index contributed by atoms with van der Waals surface area (Å²) in [6.07, 6.45) is 0.962. The molecule has 0 aliphatic carbocycles. The van der Waals surface area contributed by atoms with E-state index in [1.807, 2.05) is 54.6 Å². The lowest BCUT2D eigenvalue weighted by Crippen LogP contribution is -2.24. The van der Waals surface area contributed by atoms with Crippen LogP contribution in [0.5, 0.6) is 5.75 Å². The van der Waals surface area contributed by atoms with Crippen molar-refractivity contribution in [3.63, 3.8) is 0 Å². The van der Waals surface area contributed by atoms with E-state index in [1.54, 1.807) is 13.2 Å². The Bertz CT molecular complexity index is 912. The van der Waals surface area contributed by atoms with Crippen LogP contribution in [-0.2, 0) is 6.54 Å². The molecular formula is C22H24N4O2. The van der Waals surface area contributed by atoms with Crippen LogP contribution in [0.2, 0.25) is 0 Å². The van der Waals surface area contributed by atoms with Gasteiger partial charge in [-0.2, -0.15) is 0 Å². The molecule has 0 aliphatic heterocycles. The molecule has 0 aliphatic rings. The number of hydrogen-bond donors (Lipinski definition) is 2. The SMILES string of the molecule is CCCNc1cc(C(=O)NCc2ccc(OC)cc2)nc(-c2ccccc2)n1. The quantitative estimate of drug-likeness (QED) is 0.623. The van der Waals surface area contributed by atoms with Crippen molar-refractivity contribution in [2.75, 3.05) is 19.0 Å². The number of carbonyl (C=O) groups is 1. The molecule has 1 amide bonds. The van der Waals surface area contributed by atoms with Crippen molar-refractivity contribution in [1.29, 1.82) is 0 Å². The lowest BCUT2D eigenvalue weighted by Gasteiger charge is -2.10. The van der Waals surface area contributed by atoms with Gasteiger partial charge in [0.15, 0.2) is 5.82 Å². The summed E-state index contributed by atoms with van der Waals surface area (Å²) in [4.78, 5) is 21.7. The molecular weight excluding hydrogens is 352 g/mol. The van der Waals surface area contributed by atoms with Crippen molar-refractivity contribution in [1.82, 2.24) is 15.3 Å². The maximum atomic E-state index is 12.7. The fourth-order valence-electron chi connectivity index (χ4n) is 2.64. The summed E-state index contributed by atoms with van der Waals surface area (Å²) in [6, 6.07) is 18.9. The fraction of sp³-hybridized carbons (Fsp3) is 0.227. The fourth-order valence-corrected chi connectivity index (χ4v) is 2.64. The molecule has 0 spiro atoms. The zero-order chi connectivity index (χ0) is 19.8. The van der Waals surface area contributed by atoms with Crippen LogP contribution in [-0.4, -0.2) is 29.5 Å². The van der Waals surface area contributed by atoms with Crippen molar-refractivity contribution < 1.29 is 9.53 Å². The molecule has 1 heterocycles. The van der Waals surface area contributed by atoms with Crippen molar-refractivity contribution in [3.8, 4) is 17.1 Å². The zero-order valence-corrected chi connectivity index (χ0v) is 16.1. The van der Waals surface area contributed by atoms with Gasteiger partial charge < -0.3 is 15.4 Å². The first-order valence-electron chi connectivity index (χ1n) is 9.29. The monoisotopic (exact) mass is 376 g/mol. The Kier molecular flexibility index (Phi) is 6.57. The van der Waals surface area contributed by atoms with Crippen LogP contribution >= 0.6 is 0 Å². The van der Waals surface area contributed by atoms with Gasteiger partial charge in [0.1, 0.15) is 17.3 Å². The zero-order valence-electron chi connectivity index (χ0n) is 16.1. The summed E-state index contributed by atoms with van der Waals surface area (Å²) in [5, 5.41) is 6.16. The molecule has 6 nitrogen and oxygen atoms in total. The van der Waals surface area contributed by atoms with Crippen LogP contribution < -0.4 is 15.4 Å². The highest BCUT2D eigenvalue weighted by molar-refractivity contribution is 5.93. The van der Waals surface area contributed by atoms with Crippen LogP contribution in [0.1, 0.15) is 29.4 Å². The first-order chi connectivity index (χ1) is 13.7. The number of amides is 1. The van der Waals surface area contributed by atoms with Gasteiger partial charge in [-0.3, -0.25) is 4.79 Å². The molecule has 0 radical (unpaired) electrons. The van der Waals surface area contributed by atoms with Gasteiger partial charge in [-0.15, -0.1) is 0 Å². The predicted octanol–water partition coefficient (Wildman–Crippen LogP) is 3.90. The topological polar surface area (TPSA) is 76.1 Å². The largest absolute Gasteiger partial charge is 0.497 e. The number of aromatic nitrogens is 2. The Morgan fingerprint density at radius 2 is 1.79 bits per heavy atom. The Labute approximate surface area is 165 Å². The predicted molar refractivity (Wildman–Crippen MR) is 110 cm³/mol. The van der Waals surface area contributed by atoms with E-state index < -0.39 is 0 Å². The normalized spacial score (nSPS) is 10.4. The number of anilines is 1. The first kappa shape index (κ1) is 19.4. The number of nitrogens with zero attached hydrogens (tertiary/aromatic N) is 2. The molecule has 0 unspecified atom stereocenters. The van der Waals surface area contributed by atoms with Gasteiger partial charge in [0.2, 0.25) is 0 Å². The summed E-state index contributed by atoms with van der Waals surface area (Å²) in [7, 11) is 1.63. The Hall–Kier alpha value is -3.41. The summed E-state index contributed by atoms with van der Waals surface area (Å²) in [5.74, 6) is 1.71.